The molecule has 0 aromatic carbocycles. The average molecular weight is 142 g/mol. The largest absolute Gasteiger partial charge is 0.393 e. The van der Waals surface area contributed by atoms with Gasteiger partial charge in [0.05, 0.1) is 6.10 Å². The third-order valence-corrected chi connectivity index (χ3v) is 2.69. The zero-order valence-electron chi connectivity index (χ0n) is 6.50. The predicted molar refractivity (Wildman–Crippen MR) is 38.6 cm³/mol. The molecular formula is C8H14O2. The zero-order chi connectivity index (χ0) is 7.78. The number of carbonyl (C=O) groups is 1. The van der Waals surface area contributed by atoms with Crippen LogP contribution in [0.5, 0.6) is 0 Å². The minimum atomic E-state index is -0.354. The Morgan fingerprint density at radius 2 is 2.00 bits per heavy atom. The van der Waals surface area contributed by atoms with Gasteiger partial charge in [-0.1, -0.05) is 6.92 Å². The molecule has 2 unspecified atom stereocenters. The summed E-state index contributed by atoms with van der Waals surface area (Å²) in [4.78, 5) is 10.5. The van der Waals surface area contributed by atoms with Gasteiger partial charge in [-0.25, -0.2) is 0 Å². The van der Waals surface area contributed by atoms with Crippen molar-refractivity contribution in [3.8, 4) is 0 Å². The fraction of sp³-hybridized carbons (Fsp3) is 0.875. The van der Waals surface area contributed by atoms with Crippen LogP contribution in [0.2, 0.25) is 0 Å². The van der Waals surface area contributed by atoms with E-state index in [4.69, 9.17) is 5.11 Å². The standard InChI is InChI=1S/C8H14O2/c1-6(7(2)10)8(5-9)3-4-8/h5-7,10H,3-4H2,1-2H3. The van der Waals surface area contributed by atoms with Gasteiger partial charge in [-0.2, -0.15) is 0 Å². The second-order valence-corrected chi connectivity index (χ2v) is 3.38. The lowest BCUT2D eigenvalue weighted by atomic mass is 9.88. The van der Waals surface area contributed by atoms with E-state index < -0.39 is 0 Å². The number of hydrogen-bond acceptors (Lipinski definition) is 2. The fourth-order valence-electron chi connectivity index (χ4n) is 1.31. The monoisotopic (exact) mass is 142 g/mol. The molecule has 0 spiro atoms. The summed E-state index contributed by atoms with van der Waals surface area (Å²) in [6.45, 7) is 3.68. The van der Waals surface area contributed by atoms with E-state index >= 15 is 0 Å². The third-order valence-electron chi connectivity index (χ3n) is 2.69. The van der Waals surface area contributed by atoms with Crippen LogP contribution < -0.4 is 0 Å². The van der Waals surface area contributed by atoms with Crippen molar-refractivity contribution in [2.24, 2.45) is 11.3 Å². The molecule has 58 valence electrons. The Balaban J connectivity index is 2.55. The first-order valence-corrected chi connectivity index (χ1v) is 3.77. The molecule has 2 heteroatoms. The minimum absolute atomic E-state index is 0.130. The van der Waals surface area contributed by atoms with E-state index in [0.717, 1.165) is 19.1 Å². The molecule has 1 N–H and O–H groups in total. The molecule has 2 nitrogen and oxygen atoms in total. The van der Waals surface area contributed by atoms with E-state index in [1.165, 1.54) is 0 Å². The molecule has 0 aliphatic heterocycles. The van der Waals surface area contributed by atoms with Gasteiger partial charge in [-0.05, 0) is 25.7 Å². The molecule has 0 aromatic rings. The highest BCUT2D eigenvalue weighted by molar-refractivity contribution is 5.64. The van der Waals surface area contributed by atoms with Crippen LogP contribution in [0.1, 0.15) is 26.7 Å². The Morgan fingerprint density at radius 1 is 1.50 bits per heavy atom. The molecule has 0 saturated heterocycles. The fourth-order valence-corrected chi connectivity index (χ4v) is 1.31. The maximum Gasteiger partial charge on any atom is 0.126 e. The van der Waals surface area contributed by atoms with Crippen LogP contribution >= 0.6 is 0 Å². The molecule has 1 fully saturated rings. The molecule has 0 radical (unpaired) electrons. The lowest BCUT2D eigenvalue weighted by molar-refractivity contribution is -0.115. The number of hydrogen-bond donors (Lipinski definition) is 1. The third kappa shape index (κ3) is 1.08. The van der Waals surface area contributed by atoms with Gasteiger partial charge in [0, 0.05) is 5.41 Å². The van der Waals surface area contributed by atoms with Crippen LogP contribution in [0.3, 0.4) is 0 Å². The lowest BCUT2D eigenvalue weighted by Crippen LogP contribution is -2.24. The van der Waals surface area contributed by atoms with Crippen LogP contribution in [-0.4, -0.2) is 17.5 Å². The number of aliphatic hydroxyl groups excluding tert-OH is 1. The molecule has 2 atom stereocenters. The Morgan fingerprint density at radius 3 is 2.10 bits per heavy atom. The topological polar surface area (TPSA) is 37.3 Å². The highest BCUT2D eigenvalue weighted by atomic mass is 16.3. The minimum Gasteiger partial charge on any atom is -0.393 e. The second kappa shape index (κ2) is 2.35. The summed E-state index contributed by atoms with van der Waals surface area (Å²) in [5.74, 6) is 0.130. The molecule has 10 heavy (non-hydrogen) atoms. The van der Waals surface area contributed by atoms with Crippen molar-refractivity contribution >= 4 is 6.29 Å². The van der Waals surface area contributed by atoms with Crippen molar-refractivity contribution in [2.45, 2.75) is 32.8 Å². The maximum atomic E-state index is 10.5. The highest BCUT2D eigenvalue weighted by Gasteiger charge is 2.48. The molecule has 0 heterocycles. The van der Waals surface area contributed by atoms with E-state index in [1.54, 1.807) is 6.92 Å². The van der Waals surface area contributed by atoms with Crippen molar-refractivity contribution < 1.29 is 9.90 Å². The molecule has 1 rings (SSSR count). The van der Waals surface area contributed by atoms with Crippen LogP contribution in [0, 0.1) is 11.3 Å². The summed E-state index contributed by atoms with van der Waals surface area (Å²) in [5, 5.41) is 9.17. The van der Waals surface area contributed by atoms with Crippen molar-refractivity contribution in [1.29, 1.82) is 0 Å². The molecule has 0 bridgehead atoms. The lowest BCUT2D eigenvalue weighted by Gasteiger charge is -2.19. The Kier molecular flexibility index (Phi) is 1.82. The van der Waals surface area contributed by atoms with E-state index in [-0.39, 0.29) is 17.4 Å². The molecule has 0 amide bonds. The highest BCUT2D eigenvalue weighted by Crippen LogP contribution is 2.50. The van der Waals surface area contributed by atoms with Gasteiger partial charge in [0.1, 0.15) is 6.29 Å². The second-order valence-electron chi connectivity index (χ2n) is 3.38. The summed E-state index contributed by atoms with van der Waals surface area (Å²) in [5.41, 5.74) is -0.159. The van der Waals surface area contributed by atoms with Gasteiger partial charge >= 0.3 is 0 Å². The van der Waals surface area contributed by atoms with Gasteiger partial charge < -0.3 is 9.90 Å². The average Bonchev–Trinajstić information content (AvgIpc) is 2.66. The van der Waals surface area contributed by atoms with Gasteiger partial charge in [0.15, 0.2) is 0 Å². The van der Waals surface area contributed by atoms with Crippen LogP contribution in [0.25, 0.3) is 0 Å². The van der Waals surface area contributed by atoms with Gasteiger partial charge in [0.2, 0.25) is 0 Å². The molecule has 1 aliphatic rings. The maximum absolute atomic E-state index is 10.5. The van der Waals surface area contributed by atoms with Crippen molar-refractivity contribution in [3.63, 3.8) is 0 Å². The van der Waals surface area contributed by atoms with E-state index in [2.05, 4.69) is 0 Å². The van der Waals surface area contributed by atoms with Crippen LogP contribution in [0.15, 0.2) is 0 Å². The first-order valence-electron chi connectivity index (χ1n) is 3.77. The van der Waals surface area contributed by atoms with Crippen LogP contribution in [-0.2, 0) is 4.79 Å². The van der Waals surface area contributed by atoms with Crippen molar-refractivity contribution in [3.05, 3.63) is 0 Å². The molecular weight excluding hydrogens is 128 g/mol. The predicted octanol–water partition coefficient (Wildman–Crippen LogP) is 0.982. The Hall–Kier alpha value is -0.370. The quantitative estimate of drug-likeness (QED) is 0.596. The van der Waals surface area contributed by atoms with Gasteiger partial charge in [-0.15, -0.1) is 0 Å². The summed E-state index contributed by atoms with van der Waals surface area (Å²) < 4.78 is 0. The Bertz CT molecular complexity index is 136. The summed E-state index contributed by atoms with van der Waals surface area (Å²) in [7, 11) is 0. The number of aliphatic hydroxyl groups is 1. The van der Waals surface area contributed by atoms with Gasteiger partial charge in [0.25, 0.3) is 0 Å². The molecule has 0 aromatic heterocycles. The van der Waals surface area contributed by atoms with Crippen molar-refractivity contribution in [2.75, 3.05) is 0 Å². The molecule has 1 aliphatic carbocycles. The van der Waals surface area contributed by atoms with Gasteiger partial charge in [-0.3, -0.25) is 0 Å². The smallest absolute Gasteiger partial charge is 0.126 e. The number of aldehydes is 1. The summed E-state index contributed by atoms with van der Waals surface area (Å²) in [6, 6.07) is 0. The normalized spacial score (nSPS) is 27.1. The first kappa shape index (κ1) is 7.73. The molecule has 1 saturated carbocycles. The van der Waals surface area contributed by atoms with E-state index in [0.29, 0.717) is 0 Å². The Labute approximate surface area is 61.2 Å². The number of rotatable bonds is 3. The van der Waals surface area contributed by atoms with E-state index in [9.17, 15) is 4.79 Å². The van der Waals surface area contributed by atoms with E-state index in [1.807, 2.05) is 6.92 Å². The SMILES string of the molecule is CC(O)C(C)C1(C=O)CC1. The first-order chi connectivity index (χ1) is 4.62. The summed E-state index contributed by atoms with van der Waals surface area (Å²) in [6.07, 6.45) is 2.57. The van der Waals surface area contributed by atoms with Crippen molar-refractivity contribution in [1.82, 2.24) is 0 Å². The van der Waals surface area contributed by atoms with Crippen LogP contribution in [0.4, 0.5) is 0 Å². The zero-order valence-corrected chi connectivity index (χ0v) is 6.50. The number of carbonyl (C=O) groups excluding carboxylic acids is 1. The summed E-state index contributed by atoms with van der Waals surface area (Å²) >= 11 is 0.